The highest BCUT2D eigenvalue weighted by molar-refractivity contribution is 5.82. The van der Waals surface area contributed by atoms with Crippen LogP contribution in [0.4, 0.5) is 4.39 Å². The van der Waals surface area contributed by atoms with Gasteiger partial charge in [-0.25, -0.2) is 4.39 Å². The Kier molecular flexibility index (Phi) is 2.96. The molecule has 2 rings (SSSR count). The molecule has 0 saturated heterocycles. The number of aldehydes is 1. The molecule has 1 aliphatic rings. The summed E-state index contributed by atoms with van der Waals surface area (Å²) < 4.78 is 17.9. The van der Waals surface area contributed by atoms with Gasteiger partial charge in [-0.3, -0.25) is 4.79 Å². The van der Waals surface area contributed by atoms with Crippen LogP contribution in [0.2, 0.25) is 0 Å². The molecular weight excluding hydrogens is 223 g/mol. The van der Waals surface area contributed by atoms with Crippen LogP contribution >= 0.6 is 0 Å². The third-order valence-electron chi connectivity index (χ3n) is 3.32. The maximum Gasteiger partial charge on any atom is 0.312 e. The maximum absolute atomic E-state index is 13.1. The third kappa shape index (κ3) is 1.95. The second kappa shape index (κ2) is 4.28. The highest BCUT2D eigenvalue weighted by atomic mass is 19.1. The molecule has 3 nitrogen and oxygen atoms in total. The second-order valence-corrected chi connectivity index (χ2v) is 4.41. The Morgan fingerprint density at radius 2 is 2.18 bits per heavy atom. The number of esters is 1. The smallest absolute Gasteiger partial charge is 0.312 e. The predicted octanol–water partition coefficient (Wildman–Crippen LogP) is 1.67. The van der Waals surface area contributed by atoms with Crippen molar-refractivity contribution in [3.8, 4) is 0 Å². The first-order valence-corrected chi connectivity index (χ1v) is 5.41. The third-order valence-corrected chi connectivity index (χ3v) is 3.32. The van der Waals surface area contributed by atoms with Crippen LogP contribution < -0.4 is 0 Å². The van der Waals surface area contributed by atoms with Crippen LogP contribution in [0.5, 0.6) is 0 Å². The largest absolute Gasteiger partial charge is 0.469 e. The molecule has 0 radical (unpaired) electrons. The van der Waals surface area contributed by atoms with Crippen LogP contribution in [0.3, 0.4) is 0 Å². The van der Waals surface area contributed by atoms with Crippen LogP contribution in [0.25, 0.3) is 0 Å². The van der Waals surface area contributed by atoms with E-state index in [-0.39, 0.29) is 12.2 Å². The van der Waals surface area contributed by atoms with Crippen LogP contribution in [-0.4, -0.2) is 19.4 Å². The summed E-state index contributed by atoms with van der Waals surface area (Å²) in [5.41, 5.74) is 0.864. The van der Waals surface area contributed by atoms with Crippen molar-refractivity contribution in [2.75, 3.05) is 7.11 Å². The molecule has 0 spiro atoms. The summed E-state index contributed by atoms with van der Waals surface area (Å²) in [5, 5.41) is 0. The number of benzene rings is 1. The van der Waals surface area contributed by atoms with Crippen molar-refractivity contribution in [2.45, 2.75) is 19.3 Å². The number of fused-ring (bicyclic) bond motifs is 1. The van der Waals surface area contributed by atoms with Crippen molar-refractivity contribution in [2.24, 2.45) is 5.41 Å². The van der Waals surface area contributed by atoms with E-state index < -0.39 is 11.4 Å². The Morgan fingerprint density at radius 3 is 2.82 bits per heavy atom. The lowest BCUT2D eigenvalue weighted by molar-refractivity contribution is -0.153. The van der Waals surface area contributed by atoms with Gasteiger partial charge in [-0.05, 0) is 36.1 Å². The fourth-order valence-corrected chi connectivity index (χ4v) is 2.47. The van der Waals surface area contributed by atoms with Crippen LogP contribution in [0.1, 0.15) is 17.5 Å². The van der Waals surface area contributed by atoms with E-state index in [2.05, 4.69) is 0 Å². The van der Waals surface area contributed by atoms with Gasteiger partial charge in [0.2, 0.25) is 0 Å². The van der Waals surface area contributed by atoms with Gasteiger partial charge in [0.15, 0.2) is 0 Å². The van der Waals surface area contributed by atoms with Crippen molar-refractivity contribution in [1.82, 2.24) is 0 Å². The van der Waals surface area contributed by atoms with Crippen molar-refractivity contribution < 1.29 is 18.7 Å². The molecule has 0 aromatic heterocycles. The molecular formula is C13H13FO3. The SMILES string of the molecule is COC(=O)C1(CC=O)Cc2ccc(F)cc2C1. The quantitative estimate of drug-likeness (QED) is 0.592. The molecule has 0 heterocycles. The average molecular weight is 236 g/mol. The molecule has 1 atom stereocenters. The number of carbonyl (C=O) groups excluding carboxylic acids is 2. The van der Waals surface area contributed by atoms with E-state index in [0.717, 1.165) is 17.4 Å². The van der Waals surface area contributed by atoms with E-state index in [4.69, 9.17) is 4.74 Å². The molecule has 1 aromatic carbocycles. The zero-order valence-electron chi connectivity index (χ0n) is 9.53. The fourth-order valence-electron chi connectivity index (χ4n) is 2.47. The topological polar surface area (TPSA) is 43.4 Å². The van der Waals surface area contributed by atoms with E-state index >= 15 is 0 Å². The van der Waals surface area contributed by atoms with Crippen LogP contribution in [0, 0.1) is 11.2 Å². The average Bonchev–Trinajstić information content (AvgIpc) is 2.67. The van der Waals surface area contributed by atoms with Gasteiger partial charge in [-0.1, -0.05) is 6.07 Å². The lowest BCUT2D eigenvalue weighted by atomic mass is 9.82. The lowest BCUT2D eigenvalue weighted by Crippen LogP contribution is -2.33. The standard InChI is InChI=1S/C13H13FO3/c1-17-12(16)13(4-5-15)7-9-2-3-11(14)6-10(9)8-13/h2-3,5-6H,4,7-8H2,1H3. The number of carbonyl (C=O) groups is 2. The lowest BCUT2D eigenvalue weighted by Gasteiger charge is -2.22. The van der Waals surface area contributed by atoms with Gasteiger partial charge in [0, 0.05) is 6.42 Å². The van der Waals surface area contributed by atoms with Gasteiger partial charge in [0.25, 0.3) is 0 Å². The van der Waals surface area contributed by atoms with Gasteiger partial charge >= 0.3 is 5.97 Å². The Morgan fingerprint density at radius 1 is 1.47 bits per heavy atom. The molecule has 4 heteroatoms. The summed E-state index contributed by atoms with van der Waals surface area (Å²) in [7, 11) is 1.30. The molecule has 0 fully saturated rings. The molecule has 0 N–H and O–H groups in total. The number of hydrogen-bond donors (Lipinski definition) is 0. The van der Waals surface area contributed by atoms with E-state index in [1.807, 2.05) is 0 Å². The maximum atomic E-state index is 13.1. The Bertz CT molecular complexity index is 470. The van der Waals surface area contributed by atoms with Gasteiger partial charge in [0.05, 0.1) is 12.5 Å². The fraction of sp³-hybridized carbons (Fsp3) is 0.385. The summed E-state index contributed by atoms with van der Waals surface area (Å²) >= 11 is 0. The summed E-state index contributed by atoms with van der Waals surface area (Å²) in [6.45, 7) is 0. The minimum atomic E-state index is -0.841. The van der Waals surface area contributed by atoms with Gasteiger partial charge < -0.3 is 9.53 Å². The highest BCUT2D eigenvalue weighted by Gasteiger charge is 2.44. The first-order valence-electron chi connectivity index (χ1n) is 5.41. The highest BCUT2D eigenvalue weighted by Crippen LogP contribution is 2.40. The normalized spacial score (nSPS) is 22.0. The zero-order valence-corrected chi connectivity index (χ0v) is 9.53. The van der Waals surface area contributed by atoms with Gasteiger partial charge in [-0.15, -0.1) is 0 Å². The van der Waals surface area contributed by atoms with Crippen molar-refractivity contribution in [3.05, 3.63) is 35.1 Å². The molecule has 17 heavy (non-hydrogen) atoms. The minimum absolute atomic E-state index is 0.107. The number of rotatable bonds is 3. The van der Waals surface area contributed by atoms with Crippen LogP contribution in [0.15, 0.2) is 18.2 Å². The van der Waals surface area contributed by atoms with E-state index in [1.165, 1.54) is 19.2 Å². The Balaban J connectivity index is 2.36. The van der Waals surface area contributed by atoms with Crippen molar-refractivity contribution in [1.29, 1.82) is 0 Å². The number of hydrogen-bond acceptors (Lipinski definition) is 3. The Labute approximate surface area is 98.6 Å². The molecule has 0 saturated carbocycles. The van der Waals surface area contributed by atoms with Crippen molar-refractivity contribution in [3.63, 3.8) is 0 Å². The summed E-state index contributed by atoms with van der Waals surface area (Å²) in [6, 6.07) is 4.46. The first-order chi connectivity index (χ1) is 8.11. The first kappa shape index (κ1) is 11.8. The number of halogens is 1. The van der Waals surface area contributed by atoms with Gasteiger partial charge in [0.1, 0.15) is 12.1 Å². The number of methoxy groups -OCH3 is 1. The zero-order chi connectivity index (χ0) is 12.5. The summed E-state index contributed by atoms with van der Waals surface area (Å²) in [5.74, 6) is -0.725. The molecule has 0 amide bonds. The van der Waals surface area contributed by atoms with E-state index in [9.17, 15) is 14.0 Å². The van der Waals surface area contributed by atoms with Gasteiger partial charge in [-0.2, -0.15) is 0 Å². The molecule has 90 valence electrons. The van der Waals surface area contributed by atoms with E-state index in [0.29, 0.717) is 12.8 Å². The summed E-state index contributed by atoms with van der Waals surface area (Å²) in [4.78, 5) is 22.5. The second-order valence-electron chi connectivity index (χ2n) is 4.41. The molecule has 1 unspecified atom stereocenters. The minimum Gasteiger partial charge on any atom is -0.469 e. The number of ether oxygens (including phenoxy) is 1. The molecule has 0 aliphatic heterocycles. The van der Waals surface area contributed by atoms with E-state index in [1.54, 1.807) is 6.07 Å². The summed E-state index contributed by atoms with van der Waals surface area (Å²) in [6.07, 6.45) is 1.63. The monoisotopic (exact) mass is 236 g/mol. The van der Waals surface area contributed by atoms with Crippen LogP contribution in [-0.2, 0) is 27.2 Å². The molecule has 1 aliphatic carbocycles. The molecule has 0 bridgehead atoms. The predicted molar refractivity (Wildman–Crippen MR) is 58.9 cm³/mol. The molecule has 1 aromatic rings. The van der Waals surface area contributed by atoms with Crippen molar-refractivity contribution >= 4 is 12.3 Å². The Hall–Kier alpha value is -1.71.